The fourth-order valence-corrected chi connectivity index (χ4v) is 1.21. The minimum atomic E-state index is 0.564. The van der Waals surface area contributed by atoms with E-state index in [0.717, 1.165) is 17.7 Å². The van der Waals surface area contributed by atoms with Crippen LogP contribution in [0.15, 0.2) is 31.0 Å². The Morgan fingerprint density at radius 1 is 1.43 bits per heavy atom. The normalized spacial score (nSPS) is 10.1. The SMILES string of the molecule is Cc1cn(-c2cncc(C=O)c2)cn1. The van der Waals surface area contributed by atoms with Gasteiger partial charge in [-0.1, -0.05) is 0 Å². The lowest BCUT2D eigenvalue weighted by molar-refractivity contribution is 0.112. The van der Waals surface area contributed by atoms with Crippen molar-refractivity contribution < 1.29 is 4.79 Å². The van der Waals surface area contributed by atoms with Crippen molar-refractivity contribution in [3.05, 3.63) is 42.2 Å². The molecule has 0 aliphatic rings. The maximum atomic E-state index is 10.5. The Kier molecular flexibility index (Phi) is 2.10. The van der Waals surface area contributed by atoms with Gasteiger partial charge in [0.05, 0.1) is 23.9 Å². The zero-order valence-corrected chi connectivity index (χ0v) is 7.71. The quantitative estimate of drug-likeness (QED) is 0.667. The summed E-state index contributed by atoms with van der Waals surface area (Å²) in [6.07, 6.45) is 7.57. The molecule has 4 heteroatoms. The summed E-state index contributed by atoms with van der Waals surface area (Å²) in [5.74, 6) is 0. The number of aryl methyl sites for hydroxylation is 1. The van der Waals surface area contributed by atoms with E-state index in [1.54, 1.807) is 18.6 Å². The largest absolute Gasteiger partial charge is 0.304 e. The highest BCUT2D eigenvalue weighted by Gasteiger charge is 1.98. The molecule has 2 aromatic heterocycles. The molecule has 4 nitrogen and oxygen atoms in total. The summed E-state index contributed by atoms with van der Waals surface area (Å²) in [4.78, 5) is 18.6. The Balaban J connectivity index is 2.46. The lowest BCUT2D eigenvalue weighted by Gasteiger charge is -2.00. The summed E-state index contributed by atoms with van der Waals surface area (Å²) in [5, 5.41) is 0. The predicted octanol–water partition coefficient (Wildman–Crippen LogP) is 1.39. The van der Waals surface area contributed by atoms with Gasteiger partial charge in [0.15, 0.2) is 6.29 Å². The summed E-state index contributed by atoms with van der Waals surface area (Å²) in [5.41, 5.74) is 2.34. The van der Waals surface area contributed by atoms with Crippen LogP contribution in [0.3, 0.4) is 0 Å². The van der Waals surface area contributed by atoms with E-state index in [1.807, 2.05) is 17.7 Å². The molecule has 0 unspecified atom stereocenters. The molecule has 0 atom stereocenters. The number of nitrogens with zero attached hydrogens (tertiary/aromatic N) is 3. The second-order valence-corrected chi connectivity index (χ2v) is 3.02. The van der Waals surface area contributed by atoms with E-state index < -0.39 is 0 Å². The molecule has 0 saturated carbocycles. The molecule has 0 spiro atoms. The Morgan fingerprint density at radius 2 is 2.29 bits per heavy atom. The van der Waals surface area contributed by atoms with Crippen LogP contribution in [0.1, 0.15) is 16.1 Å². The summed E-state index contributed by atoms with van der Waals surface area (Å²) in [6, 6.07) is 1.76. The zero-order valence-electron chi connectivity index (χ0n) is 7.71. The third-order valence-electron chi connectivity index (χ3n) is 1.89. The van der Waals surface area contributed by atoms with Crippen molar-refractivity contribution in [2.75, 3.05) is 0 Å². The van der Waals surface area contributed by atoms with E-state index in [1.165, 1.54) is 6.20 Å². The monoisotopic (exact) mass is 187 g/mol. The van der Waals surface area contributed by atoms with Gasteiger partial charge in [0, 0.05) is 18.0 Å². The third kappa shape index (κ3) is 1.54. The van der Waals surface area contributed by atoms with Crippen molar-refractivity contribution in [2.24, 2.45) is 0 Å². The molecule has 0 saturated heterocycles. The highest BCUT2D eigenvalue weighted by atomic mass is 16.1. The van der Waals surface area contributed by atoms with Crippen molar-refractivity contribution >= 4 is 6.29 Å². The molecule has 2 aromatic rings. The standard InChI is InChI=1S/C10H9N3O/c1-8-5-13(7-12-8)10-2-9(6-14)3-11-4-10/h2-7H,1H3. The zero-order chi connectivity index (χ0) is 9.97. The Morgan fingerprint density at radius 3 is 2.93 bits per heavy atom. The van der Waals surface area contributed by atoms with Gasteiger partial charge in [-0.3, -0.25) is 9.78 Å². The van der Waals surface area contributed by atoms with Crippen molar-refractivity contribution in [1.82, 2.24) is 14.5 Å². The van der Waals surface area contributed by atoms with Gasteiger partial charge in [0.1, 0.15) is 0 Å². The average Bonchev–Trinajstić information content (AvgIpc) is 2.65. The molecule has 2 heterocycles. The minimum absolute atomic E-state index is 0.564. The van der Waals surface area contributed by atoms with Gasteiger partial charge in [-0.2, -0.15) is 0 Å². The number of aromatic nitrogens is 3. The second-order valence-electron chi connectivity index (χ2n) is 3.02. The van der Waals surface area contributed by atoms with E-state index in [2.05, 4.69) is 9.97 Å². The highest BCUT2D eigenvalue weighted by Crippen LogP contribution is 2.07. The van der Waals surface area contributed by atoms with Crippen LogP contribution in [0, 0.1) is 6.92 Å². The number of carbonyl (C=O) groups excluding carboxylic acids is 1. The highest BCUT2D eigenvalue weighted by molar-refractivity contribution is 5.75. The summed E-state index contributed by atoms with van der Waals surface area (Å²) >= 11 is 0. The molecular weight excluding hydrogens is 178 g/mol. The third-order valence-corrected chi connectivity index (χ3v) is 1.89. The first-order valence-electron chi connectivity index (χ1n) is 4.21. The van der Waals surface area contributed by atoms with Crippen LogP contribution in [0.4, 0.5) is 0 Å². The van der Waals surface area contributed by atoms with Crippen LogP contribution in [-0.4, -0.2) is 20.8 Å². The fraction of sp³-hybridized carbons (Fsp3) is 0.100. The molecule has 0 fully saturated rings. The van der Waals surface area contributed by atoms with E-state index >= 15 is 0 Å². The molecule has 0 aromatic carbocycles. The molecule has 70 valence electrons. The summed E-state index contributed by atoms with van der Waals surface area (Å²) < 4.78 is 1.83. The second kappa shape index (κ2) is 3.41. The van der Waals surface area contributed by atoms with Gasteiger partial charge >= 0.3 is 0 Å². The van der Waals surface area contributed by atoms with E-state index in [0.29, 0.717) is 5.56 Å². The van der Waals surface area contributed by atoms with Gasteiger partial charge in [0.25, 0.3) is 0 Å². The van der Waals surface area contributed by atoms with Gasteiger partial charge in [-0.25, -0.2) is 4.98 Å². The maximum Gasteiger partial charge on any atom is 0.151 e. The minimum Gasteiger partial charge on any atom is -0.304 e. The average molecular weight is 187 g/mol. The number of hydrogen-bond acceptors (Lipinski definition) is 3. The van der Waals surface area contributed by atoms with Gasteiger partial charge in [0.2, 0.25) is 0 Å². The van der Waals surface area contributed by atoms with Crippen molar-refractivity contribution in [3.8, 4) is 5.69 Å². The number of carbonyl (C=O) groups is 1. The molecule has 2 rings (SSSR count). The fourth-order valence-electron chi connectivity index (χ4n) is 1.21. The molecule has 0 aliphatic heterocycles. The van der Waals surface area contributed by atoms with Crippen LogP contribution >= 0.6 is 0 Å². The molecular formula is C10H9N3O. The molecule has 0 bridgehead atoms. The number of imidazole rings is 1. The summed E-state index contributed by atoms with van der Waals surface area (Å²) in [6.45, 7) is 1.91. The first-order valence-corrected chi connectivity index (χ1v) is 4.21. The van der Waals surface area contributed by atoms with Crippen LogP contribution in [0.2, 0.25) is 0 Å². The van der Waals surface area contributed by atoms with E-state index in [9.17, 15) is 4.79 Å². The Hall–Kier alpha value is -1.97. The molecule has 0 aliphatic carbocycles. The number of aldehydes is 1. The van der Waals surface area contributed by atoms with Gasteiger partial charge in [-0.15, -0.1) is 0 Å². The number of hydrogen-bond donors (Lipinski definition) is 0. The molecule has 14 heavy (non-hydrogen) atoms. The van der Waals surface area contributed by atoms with E-state index in [4.69, 9.17) is 0 Å². The van der Waals surface area contributed by atoms with Crippen molar-refractivity contribution in [3.63, 3.8) is 0 Å². The van der Waals surface area contributed by atoms with Crippen LogP contribution < -0.4 is 0 Å². The number of pyridine rings is 1. The van der Waals surface area contributed by atoms with Crippen molar-refractivity contribution in [1.29, 1.82) is 0 Å². The first-order chi connectivity index (χ1) is 6.79. The van der Waals surface area contributed by atoms with Gasteiger partial charge in [-0.05, 0) is 13.0 Å². The first kappa shape index (κ1) is 8.62. The molecule has 0 N–H and O–H groups in total. The number of rotatable bonds is 2. The smallest absolute Gasteiger partial charge is 0.151 e. The molecule has 0 radical (unpaired) electrons. The Labute approximate surface area is 81.2 Å². The summed E-state index contributed by atoms with van der Waals surface area (Å²) in [7, 11) is 0. The lowest BCUT2D eigenvalue weighted by Crippen LogP contribution is -1.93. The topological polar surface area (TPSA) is 47.8 Å². The molecule has 0 amide bonds. The van der Waals surface area contributed by atoms with Gasteiger partial charge < -0.3 is 4.57 Å². The van der Waals surface area contributed by atoms with Crippen LogP contribution in [0.25, 0.3) is 5.69 Å². The van der Waals surface area contributed by atoms with Crippen LogP contribution in [-0.2, 0) is 0 Å². The van der Waals surface area contributed by atoms with E-state index in [-0.39, 0.29) is 0 Å². The van der Waals surface area contributed by atoms with Crippen LogP contribution in [0.5, 0.6) is 0 Å². The predicted molar refractivity (Wildman–Crippen MR) is 51.5 cm³/mol. The van der Waals surface area contributed by atoms with Crippen molar-refractivity contribution in [2.45, 2.75) is 6.92 Å². The lowest BCUT2D eigenvalue weighted by atomic mass is 10.3. The Bertz CT molecular complexity index is 462. The maximum absolute atomic E-state index is 10.5.